The molecule has 0 unspecified atom stereocenters. The zero-order valence-corrected chi connectivity index (χ0v) is 13.7. The van der Waals surface area contributed by atoms with E-state index in [0.29, 0.717) is 22.4 Å². The van der Waals surface area contributed by atoms with E-state index in [1.807, 2.05) is 36.4 Å². The molecule has 1 heterocycles. The molecular weight excluding hydrogens is 326 g/mol. The lowest BCUT2D eigenvalue weighted by atomic mass is 10.2. The van der Waals surface area contributed by atoms with E-state index in [9.17, 15) is 0 Å². The molecule has 24 heavy (non-hydrogen) atoms. The number of nitriles is 1. The molecule has 0 radical (unpaired) electrons. The van der Waals surface area contributed by atoms with Gasteiger partial charge in [0.15, 0.2) is 18.1 Å². The Bertz CT molecular complexity index is 908. The molecule has 6 heteroatoms. The van der Waals surface area contributed by atoms with E-state index in [1.54, 1.807) is 25.3 Å². The van der Waals surface area contributed by atoms with E-state index in [-0.39, 0.29) is 6.61 Å². The fourth-order valence-corrected chi connectivity index (χ4v) is 2.50. The minimum atomic E-state index is -0.0364. The summed E-state index contributed by atoms with van der Waals surface area (Å²) in [5.74, 6) is 1.64. The highest BCUT2D eigenvalue weighted by atomic mass is 35.5. The van der Waals surface area contributed by atoms with Gasteiger partial charge in [0.2, 0.25) is 0 Å². The van der Waals surface area contributed by atoms with Crippen LogP contribution in [-0.4, -0.2) is 23.7 Å². The summed E-state index contributed by atoms with van der Waals surface area (Å²) < 4.78 is 10.6. The number of nitrogens with one attached hydrogen (secondary N) is 1. The lowest BCUT2D eigenvalue weighted by Gasteiger charge is -2.09. The molecule has 0 bridgehead atoms. The number of hydrogen-bond donors (Lipinski definition) is 1. The predicted octanol–water partition coefficient (Wildman–Crippen LogP) is 4.21. The lowest BCUT2D eigenvalue weighted by Crippen LogP contribution is -1.96. The van der Waals surface area contributed by atoms with Crippen LogP contribution >= 0.6 is 11.6 Å². The third-order valence-corrected chi connectivity index (χ3v) is 3.68. The number of aromatic nitrogens is 2. The van der Waals surface area contributed by atoms with Crippen molar-refractivity contribution in [3.63, 3.8) is 0 Å². The van der Waals surface area contributed by atoms with Crippen LogP contribution in [0.2, 0.25) is 0 Å². The molecule has 2 aromatic carbocycles. The molecule has 5 nitrogen and oxygen atoms in total. The van der Waals surface area contributed by atoms with Gasteiger partial charge in [0, 0.05) is 0 Å². The Balaban J connectivity index is 1.90. The van der Waals surface area contributed by atoms with Gasteiger partial charge in [-0.05, 0) is 35.9 Å². The Morgan fingerprint density at radius 3 is 2.88 bits per heavy atom. The molecule has 0 aliphatic rings. The second-order valence-corrected chi connectivity index (χ2v) is 5.36. The van der Waals surface area contributed by atoms with E-state index >= 15 is 0 Å². The quantitative estimate of drug-likeness (QED) is 0.755. The van der Waals surface area contributed by atoms with Crippen LogP contribution in [0.25, 0.3) is 22.1 Å². The molecule has 0 saturated heterocycles. The molecule has 0 spiro atoms. The first-order valence-electron chi connectivity index (χ1n) is 7.21. The van der Waals surface area contributed by atoms with Gasteiger partial charge in [0.05, 0.1) is 23.2 Å². The van der Waals surface area contributed by atoms with Crippen molar-refractivity contribution >= 4 is 33.7 Å². The number of para-hydroxylation sites is 2. The number of hydrogen-bond acceptors (Lipinski definition) is 4. The zero-order valence-electron chi connectivity index (χ0n) is 12.9. The second-order valence-electron chi connectivity index (χ2n) is 4.95. The molecule has 1 aromatic heterocycles. The Hall–Kier alpha value is -2.97. The number of H-pyrrole nitrogens is 1. The van der Waals surface area contributed by atoms with Gasteiger partial charge < -0.3 is 14.5 Å². The minimum absolute atomic E-state index is 0.0364. The average molecular weight is 340 g/mol. The van der Waals surface area contributed by atoms with Crippen LogP contribution in [0.3, 0.4) is 0 Å². The molecule has 0 aliphatic heterocycles. The van der Waals surface area contributed by atoms with Crippen molar-refractivity contribution < 1.29 is 9.47 Å². The van der Waals surface area contributed by atoms with Gasteiger partial charge in [-0.15, -0.1) is 0 Å². The van der Waals surface area contributed by atoms with E-state index in [1.165, 1.54) is 0 Å². The summed E-state index contributed by atoms with van der Waals surface area (Å²) >= 11 is 6.38. The normalized spacial score (nSPS) is 11.3. The fourth-order valence-electron chi connectivity index (χ4n) is 2.28. The summed E-state index contributed by atoms with van der Waals surface area (Å²) in [5, 5.41) is 9.08. The van der Waals surface area contributed by atoms with Crippen molar-refractivity contribution in [3.05, 3.63) is 53.9 Å². The smallest absolute Gasteiger partial charge is 0.174 e. The van der Waals surface area contributed by atoms with Crippen molar-refractivity contribution in [2.45, 2.75) is 0 Å². The number of nitrogens with zero attached hydrogens (tertiary/aromatic N) is 2. The predicted molar refractivity (Wildman–Crippen MR) is 93.9 cm³/mol. The van der Waals surface area contributed by atoms with Gasteiger partial charge in [-0.2, -0.15) is 5.26 Å². The number of fused-ring (bicyclic) bond motifs is 1. The zero-order chi connectivity index (χ0) is 16.9. The molecule has 0 saturated carbocycles. The Morgan fingerprint density at radius 2 is 2.12 bits per heavy atom. The van der Waals surface area contributed by atoms with Crippen molar-refractivity contribution in [1.29, 1.82) is 5.26 Å². The van der Waals surface area contributed by atoms with E-state index < -0.39 is 0 Å². The highest BCUT2D eigenvalue weighted by molar-refractivity contribution is 6.50. The fraction of sp³-hybridized carbons (Fsp3) is 0.111. The maximum atomic E-state index is 8.60. The van der Waals surface area contributed by atoms with Crippen LogP contribution < -0.4 is 9.47 Å². The van der Waals surface area contributed by atoms with E-state index in [0.717, 1.165) is 16.6 Å². The maximum absolute atomic E-state index is 8.60. The summed E-state index contributed by atoms with van der Waals surface area (Å²) in [7, 11) is 1.54. The lowest BCUT2D eigenvalue weighted by molar-refractivity contribution is 0.329. The van der Waals surface area contributed by atoms with Crippen LogP contribution in [0.1, 0.15) is 11.4 Å². The van der Waals surface area contributed by atoms with Crippen LogP contribution in [-0.2, 0) is 0 Å². The minimum Gasteiger partial charge on any atom is -0.493 e. The Labute approximate surface area is 144 Å². The van der Waals surface area contributed by atoms with Crippen molar-refractivity contribution in [3.8, 4) is 17.6 Å². The molecule has 1 N–H and O–H groups in total. The molecule has 3 aromatic rings. The average Bonchev–Trinajstić information content (AvgIpc) is 3.04. The summed E-state index contributed by atoms with van der Waals surface area (Å²) in [5.41, 5.74) is 2.62. The molecule has 120 valence electrons. The molecule has 0 fully saturated rings. The van der Waals surface area contributed by atoms with Gasteiger partial charge in [0.1, 0.15) is 11.9 Å². The third-order valence-electron chi connectivity index (χ3n) is 3.39. The van der Waals surface area contributed by atoms with Gasteiger partial charge >= 0.3 is 0 Å². The number of methoxy groups -OCH3 is 1. The molecule has 3 rings (SSSR count). The van der Waals surface area contributed by atoms with Gasteiger partial charge in [0.25, 0.3) is 0 Å². The highest BCUT2D eigenvalue weighted by Crippen LogP contribution is 2.30. The van der Waals surface area contributed by atoms with Crippen molar-refractivity contribution in [2.75, 3.05) is 13.7 Å². The Kier molecular flexibility index (Phi) is 4.69. The van der Waals surface area contributed by atoms with Crippen molar-refractivity contribution in [1.82, 2.24) is 9.97 Å². The van der Waals surface area contributed by atoms with Crippen LogP contribution in [0.4, 0.5) is 0 Å². The summed E-state index contributed by atoms with van der Waals surface area (Å²) in [6.45, 7) is -0.0364. The monoisotopic (exact) mass is 339 g/mol. The summed E-state index contributed by atoms with van der Waals surface area (Å²) in [6, 6.07) is 15.0. The maximum Gasteiger partial charge on any atom is 0.174 e. The van der Waals surface area contributed by atoms with Gasteiger partial charge in [-0.3, -0.25) is 0 Å². The van der Waals surface area contributed by atoms with Crippen LogP contribution in [0.5, 0.6) is 11.5 Å². The first-order chi connectivity index (χ1) is 11.7. The number of halogens is 1. The van der Waals surface area contributed by atoms with Crippen molar-refractivity contribution in [2.24, 2.45) is 0 Å². The summed E-state index contributed by atoms with van der Waals surface area (Å²) in [4.78, 5) is 7.64. The molecular formula is C18H14ClN3O2. The first kappa shape index (κ1) is 15.9. The van der Waals surface area contributed by atoms with Gasteiger partial charge in [-0.1, -0.05) is 29.8 Å². The largest absolute Gasteiger partial charge is 0.493 e. The van der Waals surface area contributed by atoms with E-state index in [2.05, 4.69) is 9.97 Å². The van der Waals surface area contributed by atoms with E-state index in [4.69, 9.17) is 26.3 Å². The number of imidazole rings is 1. The molecule has 0 aliphatic carbocycles. The highest BCUT2D eigenvalue weighted by Gasteiger charge is 2.08. The number of ether oxygens (including phenoxy) is 2. The number of benzene rings is 2. The summed E-state index contributed by atoms with van der Waals surface area (Å²) in [6.07, 6.45) is 1.79. The second kappa shape index (κ2) is 7.07. The standard InChI is InChI=1S/C18H14ClN3O2/c1-23-17-11-12(6-7-16(17)24-9-8-20)10-13(19)18-21-14-4-2-3-5-15(14)22-18/h2-7,10-11H,9H2,1H3,(H,21,22). The molecule has 0 atom stereocenters. The number of rotatable bonds is 5. The molecule has 0 amide bonds. The first-order valence-corrected chi connectivity index (χ1v) is 7.59. The SMILES string of the molecule is COc1cc(C=C(Cl)c2nc3ccccc3[nH]2)ccc1OCC#N. The Morgan fingerprint density at radius 1 is 1.29 bits per heavy atom. The van der Waals surface area contributed by atoms with Gasteiger partial charge in [-0.25, -0.2) is 4.98 Å². The number of aromatic amines is 1. The third kappa shape index (κ3) is 3.34. The van der Waals surface area contributed by atoms with Crippen LogP contribution in [0.15, 0.2) is 42.5 Å². The van der Waals surface area contributed by atoms with Crippen LogP contribution in [0, 0.1) is 11.3 Å². The topological polar surface area (TPSA) is 70.9 Å².